The minimum atomic E-state index is -1.01. The van der Waals surface area contributed by atoms with Gasteiger partial charge in [-0.15, -0.1) is 0 Å². The molecule has 0 saturated carbocycles. The summed E-state index contributed by atoms with van der Waals surface area (Å²) in [5, 5.41) is 13.2. The highest BCUT2D eigenvalue weighted by Crippen LogP contribution is 2.38. The number of amides is 2. The van der Waals surface area contributed by atoms with Crippen LogP contribution in [0.5, 0.6) is 0 Å². The number of nitrogens with one attached hydrogen (secondary N) is 1. The highest BCUT2D eigenvalue weighted by Gasteiger charge is 2.49. The molecule has 2 amide bonds. The largest absolute Gasteiger partial charge is 0.465 e. The van der Waals surface area contributed by atoms with E-state index in [9.17, 15) is 14.7 Å². The molecule has 1 aliphatic heterocycles. The van der Waals surface area contributed by atoms with Crippen molar-refractivity contribution in [1.29, 1.82) is 0 Å². The molecule has 2 atom stereocenters. The van der Waals surface area contributed by atoms with Crippen molar-refractivity contribution < 1.29 is 14.7 Å². The predicted octanol–water partition coefficient (Wildman–Crippen LogP) is 3.16. The van der Waals surface area contributed by atoms with Crippen LogP contribution in [0.2, 0.25) is 5.02 Å². The predicted molar refractivity (Wildman–Crippen MR) is 94.2 cm³/mol. The molecule has 24 heavy (non-hydrogen) atoms. The van der Waals surface area contributed by atoms with Crippen molar-refractivity contribution in [3.05, 3.63) is 29.3 Å². The quantitative estimate of drug-likeness (QED) is 0.777. The molecule has 0 spiro atoms. The summed E-state index contributed by atoms with van der Waals surface area (Å²) in [5.74, 6) is -0.484. The van der Waals surface area contributed by atoms with E-state index in [1.165, 1.54) is 4.90 Å². The molecule has 132 valence electrons. The average molecular weight is 354 g/mol. The number of carboxylic acid groups (broad SMARTS) is 1. The number of anilines is 1. The van der Waals surface area contributed by atoms with Crippen molar-refractivity contribution >= 4 is 29.3 Å². The molecular weight excluding hydrogens is 330 g/mol. The third-order valence-electron chi connectivity index (χ3n) is 4.62. The van der Waals surface area contributed by atoms with Gasteiger partial charge >= 0.3 is 6.09 Å². The highest BCUT2D eigenvalue weighted by atomic mass is 35.5. The van der Waals surface area contributed by atoms with Crippen LogP contribution in [-0.2, 0) is 4.79 Å². The zero-order chi connectivity index (χ0) is 18.1. The van der Waals surface area contributed by atoms with E-state index in [1.807, 2.05) is 26.8 Å². The maximum absolute atomic E-state index is 12.3. The van der Waals surface area contributed by atoms with Crippen LogP contribution in [-0.4, -0.2) is 40.1 Å². The molecule has 1 aromatic rings. The second-order valence-electron chi connectivity index (χ2n) is 7.39. The summed E-state index contributed by atoms with van der Waals surface area (Å²) >= 11 is 6.01. The van der Waals surface area contributed by atoms with Crippen LogP contribution in [0.15, 0.2) is 24.3 Å². The van der Waals surface area contributed by atoms with Crippen LogP contribution in [0.1, 0.15) is 33.6 Å². The number of likely N-dealkylation sites (tertiary alicyclic amines) is 1. The van der Waals surface area contributed by atoms with Crippen molar-refractivity contribution in [2.75, 3.05) is 11.9 Å². The van der Waals surface area contributed by atoms with Gasteiger partial charge in [0, 0.05) is 29.7 Å². The third-order valence-corrected chi connectivity index (χ3v) is 4.86. The van der Waals surface area contributed by atoms with E-state index in [1.54, 1.807) is 18.2 Å². The fraction of sp³-hybridized carbons (Fsp3) is 0.529. The van der Waals surface area contributed by atoms with Crippen molar-refractivity contribution in [2.24, 2.45) is 11.1 Å². The maximum atomic E-state index is 12.3. The highest BCUT2D eigenvalue weighted by molar-refractivity contribution is 6.30. The minimum absolute atomic E-state index is 0.244. The van der Waals surface area contributed by atoms with Gasteiger partial charge in [0.05, 0.1) is 0 Å². The van der Waals surface area contributed by atoms with Crippen molar-refractivity contribution in [3.63, 3.8) is 0 Å². The summed E-state index contributed by atoms with van der Waals surface area (Å²) in [6, 6.07) is 6.73. The molecule has 1 aromatic carbocycles. The second-order valence-corrected chi connectivity index (χ2v) is 7.83. The van der Waals surface area contributed by atoms with Gasteiger partial charge in [-0.05, 0) is 30.0 Å². The first-order valence-electron chi connectivity index (χ1n) is 7.88. The summed E-state index contributed by atoms with van der Waals surface area (Å²) in [5.41, 5.74) is 5.08. The van der Waals surface area contributed by atoms with Gasteiger partial charge in [0.25, 0.3) is 0 Å². The van der Waals surface area contributed by atoms with E-state index in [4.69, 9.17) is 17.3 Å². The van der Waals surface area contributed by atoms with E-state index < -0.39 is 17.5 Å². The van der Waals surface area contributed by atoms with E-state index in [2.05, 4.69) is 5.32 Å². The third kappa shape index (κ3) is 3.75. The van der Waals surface area contributed by atoms with Crippen LogP contribution in [0, 0.1) is 5.41 Å². The molecule has 1 saturated heterocycles. The van der Waals surface area contributed by atoms with Crippen LogP contribution < -0.4 is 11.1 Å². The van der Waals surface area contributed by atoms with E-state index in [0.29, 0.717) is 23.6 Å². The molecule has 1 aliphatic rings. The fourth-order valence-corrected chi connectivity index (χ4v) is 3.44. The van der Waals surface area contributed by atoms with Gasteiger partial charge in [-0.3, -0.25) is 4.79 Å². The van der Waals surface area contributed by atoms with Crippen molar-refractivity contribution in [3.8, 4) is 0 Å². The smallest absolute Gasteiger partial charge is 0.407 e. The fourth-order valence-electron chi connectivity index (χ4n) is 3.25. The zero-order valence-electron chi connectivity index (χ0n) is 14.2. The summed E-state index contributed by atoms with van der Waals surface area (Å²) < 4.78 is 0. The van der Waals surface area contributed by atoms with Crippen LogP contribution in [0.4, 0.5) is 10.5 Å². The maximum Gasteiger partial charge on any atom is 0.407 e. The van der Waals surface area contributed by atoms with Gasteiger partial charge in [0.1, 0.15) is 5.54 Å². The van der Waals surface area contributed by atoms with Gasteiger partial charge in [-0.25, -0.2) is 4.79 Å². The molecule has 0 radical (unpaired) electrons. The Balaban J connectivity index is 2.36. The second kappa shape index (κ2) is 6.51. The lowest BCUT2D eigenvalue weighted by Crippen LogP contribution is -2.63. The number of rotatable bonds is 3. The Bertz CT molecular complexity index is 644. The van der Waals surface area contributed by atoms with Gasteiger partial charge in [-0.1, -0.05) is 38.4 Å². The first kappa shape index (κ1) is 18.4. The lowest BCUT2D eigenvalue weighted by Gasteiger charge is -2.49. The zero-order valence-corrected chi connectivity index (χ0v) is 14.9. The number of nitrogens with two attached hydrogens (primary N) is 1. The molecule has 0 aliphatic carbocycles. The number of halogens is 1. The Morgan fingerprint density at radius 1 is 1.42 bits per heavy atom. The van der Waals surface area contributed by atoms with Crippen LogP contribution in [0.3, 0.4) is 0 Å². The molecule has 1 fully saturated rings. The van der Waals surface area contributed by atoms with Crippen molar-refractivity contribution in [2.45, 2.75) is 45.2 Å². The first-order valence-corrected chi connectivity index (χ1v) is 8.26. The molecule has 6 nitrogen and oxygen atoms in total. The van der Waals surface area contributed by atoms with Gasteiger partial charge < -0.3 is 21.1 Å². The first-order chi connectivity index (χ1) is 11.0. The molecule has 4 N–H and O–H groups in total. The standard InChI is InChI=1S/C17H24ClN3O3/c1-16(2,3)13-10-17(14(19)22,7-8-21(13)15(23)24)20-12-6-4-5-11(18)9-12/h4-6,9,13,20H,7-8,10H2,1-3H3,(H2,19,22)(H,23,24). The molecular formula is C17H24ClN3O3. The Morgan fingerprint density at radius 3 is 2.58 bits per heavy atom. The van der Waals surface area contributed by atoms with Gasteiger partial charge in [0.2, 0.25) is 5.91 Å². The summed E-state index contributed by atoms with van der Waals surface area (Å²) in [7, 11) is 0. The lowest BCUT2D eigenvalue weighted by atomic mass is 9.73. The Morgan fingerprint density at radius 2 is 2.08 bits per heavy atom. The van der Waals surface area contributed by atoms with Crippen LogP contribution >= 0.6 is 11.6 Å². The van der Waals surface area contributed by atoms with Gasteiger partial charge in [0.15, 0.2) is 0 Å². The summed E-state index contributed by atoms with van der Waals surface area (Å²) in [4.78, 5) is 25.2. The SMILES string of the molecule is CC(C)(C)C1CC(Nc2cccc(Cl)c2)(C(N)=O)CCN1C(=O)O. The Kier molecular flexibility index (Phi) is 4.99. The Labute approximate surface area is 147 Å². The number of benzene rings is 1. The van der Waals surface area contributed by atoms with E-state index in [0.717, 1.165) is 0 Å². The molecule has 2 rings (SSSR count). The Hall–Kier alpha value is -1.95. The number of hydrogen-bond acceptors (Lipinski definition) is 3. The molecule has 0 bridgehead atoms. The molecule has 2 unspecified atom stereocenters. The number of carbonyl (C=O) groups is 2. The number of piperidine rings is 1. The minimum Gasteiger partial charge on any atom is -0.465 e. The summed E-state index contributed by atoms with van der Waals surface area (Å²) in [6.07, 6.45) is -0.353. The molecule has 0 aromatic heterocycles. The lowest BCUT2D eigenvalue weighted by molar-refractivity contribution is -0.125. The molecule has 1 heterocycles. The van der Waals surface area contributed by atoms with Crippen molar-refractivity contribution in [1.82, 2.24) is 4.90 Å². The van der Waals surface area contributed by atoms with E-state index in [-0.39, 0.29) is 18.0 Å². The normalized spacial score (nSPS) is 24.5. The average Bonchev–Trinajstić information content (AvgIpc) is 2.45. The monoisotopic (exact) mass is 353 g/mol. The number of carbonyl (C=O) groups excluding carboxylic acids is 1. The van der Waals surface area contributed by atoms with E-state index >= 15 is 0 Å². The number of nitrogens with zero attached hydrogens (tertiary/aromatic N) is 1. The number of primary amides is 1. The van der Waals surface area contributed by atoms with Gasteiger partial charge in [-0.2, -0.15) is 0 Å². The summed E-state index contributed by atoms with van der Waals surface area (Å²) in [6.45, 7) is 6.13. The van der Waals surface area contributed by atoms with Crippen LogP contribution in [0.25, 0.3) is 0 Å². The number of hydrogen-bond donors (Lipinski definition) is 3. The topological polar surface area (TPSA) is 95.7 Å². The molecule has 7 heteroatoms.